The van der Waals surface area contributed by atoms with Gasteiger partial charge in [0.05, 0.1) is 0 Å². The van der Waals surface area contributed by atoms with E-state index in [4.69, 9.17) is 5.26 Å². The molecule has 2 aromatic heterocycles. The first-order chi connectivity index (χ1) is 6.79. The molecule has 0 unspecified atom stereocenters. The summed E-state index contributed by atoms with van der Waals surface area (Å²) in [7, 11) is 0. The summed E-state index contributed by atoms with van der Waals surface area (Å²) in [5.74, 6) is 0. The average molecular weight is 203 g/mol. The molecule has 1 N–H and O–H groups in total. The van der Waals surface area contributed by atoms with Gasteiger partial charge >= 0.3 is 5.69 Å². The normalized spacial score (nSPS) is 9.64. The molecule has 4 nitrogen and oxygen atoms in total. The van der Waals surface area contributed by atoms with Crippen molar-refractivity contribution in [2.75, 3.05) is 0 Å². The summed E-state index contributed by atoms with van der Waals surface area (Å²) >= 11 is 1.37. The molecule has 68 valence electrons. The lowest BCUT2D eigenvalue weighted by Gasteiger charge is -1.92. The van der Waals surface area contributed by atoms with Crippen LogP contribution in [0.3, 0.4) is 0 Å². The Labute approximate surface area is 83.5 Å². The fraction of sp³-hybridized carbons (Fsp3) is 0. The molecular formula is C9H5N3OS. The number of nitriles is 1. The molecule has 5 heteroatoms. The Hall–Kier alpha value is -1.93. The number of aromatic nitrogens is 2. The quantitative estimate of drug-likeness (QED) is 0.761. The van der Waals surface area contributed by atoms with E-state index in [1.165, 1.54) is 17.5 Å². The van der Waals surface area contributed by atoms with Gasteiger partial charge in [-0.05, 0) is 12.1 Å². The molecule has 0 saturated carbocycles. The molecule has 0 aromatic carbocycles. The van der Waals surface area contributed by atoms with E-state index in [0.717, 1.165) is 10.4 Å². The van der Waals surface area contributed by atoms with E-state index in [1.807, 2.05) is 6.07 Å². The van der Waals surface area contributed by atoms with Gasteiger partial charge in [-0.1, -0.05) is 0 Å². The van der Waals surface area contributed by atoms with Crippen molar-refractivity contribution < 1.29 is 0 Å². The van der Waals surface area contributed by atoms with Gasteiger partial charge in [0, 0.05) is 22.8 Å². The van der Waals surface area contributed by atoms with Crippen LogP contribution < -0.4 is 5.69 Å². The second kappa shape index (κ2) is 3.44. The van der Waals surface area contributed by atoms with Crippen LogP contribution >= 0.6 is 11.3 Å². The third-order valence-electron chi connectivity index (χ3n) is 1.67. The molecule has 0 spiro atoms. The molecule has 2 heterocycles. The Balaban J connectivity index is 2.45. The minimum absolute atomic E-state index is 0.370. The third-order valence-corrected chi connectivity index (χ3v) is 2.71. The maximum absolute atomic E-state index is 10.7. The summed E-state index contributed by atoms with van der Waals surface area (Å²) in [6.45, 7) is 0. The van der Waals surface area contributed by atoms with E-state index in [-0.39, 0.29) is 5.69 Å². The molecule has 14 heavy (non-hydrogen) atoms. The number of nitrogens with zero attached hydrogens (tertiary/aromatic N) is 2. The zero-order valence-corrected chi connectivity index (χ0v) is 7.84. The van der Waals surface area contributed by atoms with Gasteiger partial charge in [0.2, 0.25) is 0 Å². The molecule has 0 aliphatic rings. The first kappa shape index (κ1) is 8.66. The van der Waals surface area contributed by atoms with Crippen molar-refractivity contribution in [2.45, 2.75) is 0 Å². The van der Waals surface area contributed by atoms with Crippen LogP contribution in [0.15, 0.2) is 29.3 Å². The molecular weight excluding hydrogens is 198 g/mol. The minimum Gasteiger partial charge on any atom is -0.312 e. The van der Waals surface area contributed by atoms with E-state index in [1.54, 1.807) is 12.3 Å². The van der Waals surface area contributed by atoms with Crippen LogP contribution in [-0.2, 0) is 0 Å². The van der Waals surface area contributed by atoms with E-state index in [9.17, 15) is 4.79 Å². The van der Waals surface area contributed by atoms with Crippen LogP contribution in [0.5, 0.6) is 0 Å². The molecule has 0 aliphatic carbocycles. The highest BCUT2D eigenvalue weighted by Crippen LogP contribution is 2.25. The second-order valence-corrected chi connectivity index (χ2v) is 3.67. The van der Waals surface area contributed by atoms with Crippen LogP contribution in [0.1, 0.15) is 4.88 Å². The van der Waals surface area contributed by atoms with Crippen molar-refractivity contribution in [2.24, 2.45) is 0 Å². The monoisotopic (exact) mass is 203 g/mol. The zero-order chi connectivity index (χ0) is 9.97. The van der Waals surface area contributed by atoms with Gasteiger partial charge in [-0.15, -0.1) is 11.3 Å². The molecule has 2 rings (SSSR count). The lowest BCUT2D eigenvalue weighted by molar-refractivity contribution is 1.08. The fourth-order valence-electron chi connectivity index (χ4n) is 1.03. The highest BCUT2D eigenvalue weighted by Gasteiger charge is 2.02. The van der Waals surface area contributed by atoms with Crippen molar-refractivity contribution >= 4 is 11.3 Å². The van der Waals surface area contributed by atoms with Crippen molar-refractivity contribution in [3.63, 3.8) is 0 Å². The van der Waals surface area contributed by atoms with Crippen molar-refractivity contribution in [3.05, 3.63) is 39.9 Å². The largest absolute Gasteiger partial charge is 0.344 e. The summed E-state index contributed by atoms with van der Waals surface area (Å²) in [6, 6.07) is 5.63. The Morgan fingerprint density at radius 3 is 2.93 bits per heavy atom. The number of thiophene rings is 1. The van der Waals surface area contributed by atoms with Crippen molar-refractivity contribution in [1.29, 1.82) is 5.26 Å². The van der Waals surface area contributed by atoms with Crippen molar-refractivity contribution in [3.8, 4) is 16.5 Å². The zero-order valence-electron chi connectivity index (χ0n) is 7.02. The first-order valence-electron chi connectivity index (χ1n) is 3.84. The van der Waals surface area contributed by atoms with Crippen LogP contribution in [0.25, 0.3) is 10.4 Å². The number of H-pyrrole nitrogens is 1. The number of aromatic amines is 1. The molecule has 0 radical (unpaired) electrons. The van der Waals surface area contributed by atoms with Crippen LogP contribution in [0.2, 0.25) is 0 Å². The smallest absolute Gasteiger partial charge is 0.312 e. The van der Waals surface area contributed by atoms with Gasteiger partial charge in [0.15, 0.2) is 0 Å². The van der Waals surface area contributed by atoms with Gasteiger partial charge in [-0.3, -0.25) is 0 Å². The number of hydrogen-bond acceptors (Lipinski definition) is 4. The van der Waals surface area contributed by atoms with Crippen molar-refractivity contribution in [1.82, 2.24) is 9.97 Å². The number of rotatable bonds is 1. The third kappa shape index (κ3) is 1.56. The molecule has 2 aromatic rings. The van der Waals surface area contributed by atoms with E-state index in [0.29, 0.717) is 4.88 Å². The fourth-order valence-corrected chi connectivity index (χ4v) is 1.81. The molecule has 0 bridgehead atoms. The Morgan fingerprint density at radius 2 is 2.36 bits per heavy atom. The predicted molar refractivity (Wildman–Crippen MR) is 52.9 cm³/mol. The topological polar surface area (TPSA) is 69.5 Å². The highest BCUT2D eigenvalue weighted by atomic mass is 32.1. The maximum atomic E-state index is 10.7. The van der Waals surface area contributed by atoms with Gasteiger partial charge < -0.3 is 4.98 Å². The summed E-state index contributed by atoms with van der Waals surface area (Å²) in [4.78, 5) is 18.4. The van der Waals surface area contributed by atoms with E-state index < -0.39 is 0 Å². The van der Waals surface area contributed by atoms with Gasteiger partial charge in [0.1, 0.15) is 10.9 Å². The standard InChI is InChI=1S/C9H5N3OS/c10-3-7-1-2-8(14-7)6-4-11-9(13)12-5-6/h1-2,4-5H,(H,11,12,13). The lowest BCUT2D eigenvalue weighted by Crippen LogP contribution is -2.07. The van der Waals surface area contributed by atoms with Gasteiger partial charge in [0.25, 0.3) is 0 Å². The minimum atomic E-state index is -0.370. The molecule has 0 aliphatic heterocycles. The maximum Gasteiger partial charge on any atom is 0.344 e. The molecule has 0 amide bonds. The van der Waals surface area contributed by atoms with Crippen LogP contribution in [0, 0.1) is 11.3 Å². The molecule has 0 atom stereocenters. The summed E-state index contributed by atoms with van der Waals surface area (Å²) < 4.78 is 0. The van der Waals surface area contributed by atoms with E-state index >= 15 is 0 Å². The Bertz CT molecular complexity index is 529. The predicted octanol–water partition coefficient (Wildman–Crippen LogP) is 1.37. The summed E-state index contributed by atoms with van der Waals surface area (Å²) in [5, 5.41) is 8.63. The SMILES string of the molecule is N#Cc1ccc(-c2cnc(=O)[nH]c2)s1. The summed E-state index contributed by atoms with van der Waals surface area (Å²) in [6.07, 6.45) is 3.08. The highest BCUT2D eigenvalue weighted by molar-refractivity contribution is 7.16. The molecule has 0 saturated heterocycles. The Kier molecular flexibility index (Phi) is 2.13. The average Bonchev–Trinajstić information content (AvgIpc) is 2.67. The summed E-state index contributed by atoms with van der Waals surface area (Å²) in [5.41, 5.74) is 0.446. The number of nitrogens with one attached hydrogen (secondary N) is 1. The van der Waals surface area contributed by atoms with Crippen LogP contribution in [-0.4, -0.2) is 9.97 Å². The lowest BCUT2D eigenvalue weighted by atomic mass is 10.3. The second-order valence-electron chi connectivity index (χ2n) is 2.58. The van der Waals surface area contributed by atoms with Gasteiger partial charge in [-0.25, -0.2) is 9.78 Å². The molecule has 0 fully saturated rings. The van der Waals surface area contributed by atoms with Crippen LogP contribution in [0.4, 0.5) is 0 Å². The number of hydrogen-bond donors (Lipinski definition) is 1. The Morgan fingerprint density at radius 1 is 1.50 bits per heavy atom. The van der Waals surface area contributed by atoms with E-state index in [2.05, 4.69) is 16.0 Å². The first-order valence-corrected chi connectivity index (χ1v) is 4.66. The van der Waals surface area contributed by atoms with Gasteiger partial charge in [-0.2, -0.15) is 5.26 Å².